The number of carbonyl (C=O) groups excluding carboxylic acids is 1. The van der Waals surface area contributed by atoms with Crippen LogP contribution in [0.15, 0.2) is 79.5 Å². The number of anilines is 1. The quantitative estimate of drug-likeness (QED) is 0.147. The van der Waals surface area contributed by atoms with Gasteiger partial charge in [-0.15, -0.1) is 0 Å². The molecule has 4 rings (SSSR count). The maximum absolute atomic E-state index is 13.4. The molecule has 0 atom stereocenters. The Balaban J connectivity index is 1.67. The first kappa shape index (κ1) is 28.1. The lowest BCUT2D eigenvalue weighted by molar-refractivity contribution is -0.385. The molecule has 39 heavy (non-hydrogen) atoms. The molecule has 0 radical (unpaired) electrons. The summed E-state index contributed by atoms with van der Waals surface area (Å²) < 4.78 is 7.68. The van der Waals surface area contributed by atoms with Crippen molar-refractivity contribution in [3.8, 4) is 5.75 Å². The maximum atomic E-state index is 13.4. The highest BCUT2D eigenvalue weighted by Crippen LogP contribution is 2.36. The van der Waals surface area contributed by atoms with Crippen molar-refractivity contribution in [1.29, 1.82) is 0 Å². The van der Waals surface area contributed by atoms with Crippen LogP contribution in [0.4, 0.5) is 11.4 Å². The smallest absolute Gasteiger partial charge is 0.312 e. The van der Waals surface area contributed by atoms with Gasteiger partial charge in [0, 0.05) is 27.2 Å². The monoisotopic (exact) mass is 655 g/mol. The molecule has 0 fully saturated rings. The molecule has 12 heteroatoms. The molecule has 4 aromatic rings. The molecule has 0 aliphatic carbocycles. The summed E-state index contributed by atoms with van der Waals surface area (Å²) in [5.41, 5.74) is 0.170. The van der Waals surface area contributed by atoms with E-state index in [0.717, 1.165) is 4.47 Å². The number of rotatable bonds is 7. The van der Waals surface area contributed by atoms with E-state index in [0.29, 0.717) is 28.0 Å². The van der Waals surface area contributed by atoms with Crippen molar-refractivity contribution in [2.45, 2.75) is 26.2 Å². The van der Waals surface area contributed by atoms with Crippen molar-refractivity contribution in [2.75, 3.05) is 11.9 Å². The molecule has 1 heterocycles. The zero-order valence-corrected chi connectivity index (χ0v) is 24.3. The summed E-state index contributed by atoms with van der Waals surface area (Å²) in [4.78, 5) is 41.5. The third-order valence-electron chi connectivity index (χ3n) is 5.45. The van der Waals surface area contributed by atoms with Gasteiger partial charge >= 0.3 is 5.69 Å². The summed E-state index contributed by atoms with van der Waals surface area (Å²) in [5, 5.41) is 19.2. The Morgan fingerprint density at radius 2 is 1.87 bits per heavy atom. The van der Waals surface area contributed by atoms with Crippen molar-refractivity contribution < 1.29 is 14.5 Å². The van der Waals surface area contributed by atoms with Crippen LogP contribution in [0.25, 0.3) is 10.9 Å². The lowest BCUT2D eigenvalue weighted by Crippen LogP contribution is -2.29. The van der Waals surface area contributed by atoms with Crippen LogP contribution in [0.5, 0.6) is 5.75 Å². The number of para-hydroxylation sites is 1. The van der Waals surface area contributed by atoms with E-state index in [1.807, 2.05) is 26.8 Å². The Kier molecular flexibility index (Phi) is 8.26. The third kappa shape index (κ3) is 6.58. The third-order valence-corrected chi connectivity index (χ3v) is 6.53. The second-order valence-corrected chi connectivity index (χ2v) is 11.3. The van der Waals surface area contributed by atoms with E-state index in [1.54, 1.807) is 48.5 Å². The molecule has 0 saturated carbocycles. The molecular weight excluding hydrogens is 634 g/mol. The van der Waals surface area contributed by atoms with E-state index in [9.17, 15) is 19.7 Å². The number of nitro benzene ring substituents is 1. The van der Waals surface area contributed by atoms with E-state index < -0.39 is 22.9 Å². The highest BCUT2D eigenvalue weighted by atomic mass is 79.9. The molecule has 0 bridgehead atoms. The van der Waals surface area contributed by atoms with Crippen LogP contribution >= 0.6 is 31.9 Å². The molecule has 3 aromatic carbocycles. The van der Waals surface area contributed by atoms with Gasteiger partial charge in [-0.3, -0.25) is 19.7 Å². The van der Waals surface area contributed by atoms with Gasteiger partial charge in [0.2, 0.25) is 5.75 Å². The lowest BCUT2D eigenvalue weighted by Gasteiger charge is -2.20. The molecule has 200 valence electrons. The largest absolute Gasteiger partial charge is 0.476 e. The van der Waals surface area contributed by atoms with Gasteiger partial charge in [0.1, 0.15) is 5.82 Å². The molecule has 0 saturated heterocycles. The summed E-state index contributed by atoms with van der Waals surface area (Å²) in [6.45, 7) is 5.29. The Morgan fingerprint density at radius 3 is 2.54 bits per heavy atom. The fraction of sp³-hybridized carbons (Fsp3) is 0.185. The molecule has 0 aliphatic rings. The molecule has 10 nitrogen and oxygen atoms in total. The minimum atomic E-state index is -0.617. The summed E-state index contributed by atoms with van der Waals surface area (Å²) in [6.07, 6.45) is 1.34. The molecule has 0 unspecified atom stereocenters. The predicted octanol–water partition coefficient (Wildman–Crippen LogP) is 6.03. The van der Waals surface area contributed by atoms with Crippen LogP contribution in [0.2, 0.25) is 0 Å². The van der Waals surface area contributed by atoms with Crippen LogP contribution < -0.4 is 15.6 Å². The second-order valence-electron chi connectivity index (χ2n) is 9.52. The Morgan fingerprint density at radius 1 is 1.15 bits per heavy atom. The van der Waals surface area contributed by atoms with Crippen molar-refractivity contribution >= 4 is 66.3 Å². The van der Waals surface area contributed by atoms with Gasteiger partial charge in [0.15, 0.2) is 6.61 Å². The van der Waals surface area contributed by atoms with Gasteiger partial charge in [-0.1, -0.05) is 54.9 Å². The van der Waals surface area contributed by atoms with Crippen LogP contribution in [0.3, 0.4) is 0 Å². The van der Waals surface area contributed by atoms with E-state index in [-0.39, 0.29) is 21.5 Å². The van der Waals surface area contributed by atoms with Crippen LogP contribution in [-0.4, -0.2) is 33.3 Å². The minimum Gasteiger partial charge on any atom is -0.476 e. The highest BCUT2D eigenvalue weighted by molar-refractivity contribution is 9.10. The van der Waals surface area contributed by atoms with Gasteiger partial charge in [-0.25, -0.2) is 4.98 Å². The number of ether oxygens (including phenoxy) is 1. The summed E-state index contributed by atoms with van der Waals surface area (Å²) in [6, 6.07) is 16.8. The van der Waals surface area contributed by atoms with Gasteiger partial charge in [0.25, 0.3) is 11.5 Å². The van der Waals surface area contributed by atoms with E-state index >= 15 is 0 Å². The zero-order chi connectivity index (χ0) is 28.3. The van der Waals surface area contributed by atoms with Gasteiger partial charge < -0.3 is 10.1 Å². The molecule has 1 amide bonds. The molecule has 0 aliphatic heterocycles. The Labute approximate surface area is 240 Å². The normalized spacial score (nSPS) is 11.6. The highest BCUT2D eigenvalue weighted by Gasteiger charge is 2.24. The molecule has 1 N–H and O–H groups in total. The number of hydrogen-bond acceptors (Lipinski definition) is 7. The first-order chi connectivity index (χ1) is 18.4. The molecule has 1 aromatic heterocycles. The number of amides is 1. The van der Waals surface area contributed by atoms with Crippen molar-refractivity contribution in [3.05, 3.63) is 101 Å². The second kappa shape index (κ2) is 11.5. The average molecular weight is 657 g/mol. The van der Waals surface area contributed by atoms with Crippen LogP contribution in [0.1, 0.15) is 32.2 Å². The number of hydrogen-bond donors (Lipinski definition) is 1. The summed E-state index contributed by atoms with van der Waals surface area (Å²) in [7, 11) is 0. The number of benzene rings is 3. The number of nitro groups is 1. The number of halogens is 2. The van der Waals surface area contributed by atoms with Crippen molar-refractivity contribution in [3.63, 3.8) is 0 Å². The maximum Gasteiger partial charge on any atom is 0.312 e. The van der Waals surface area contributed by atoms with E-state index in [1.165, 1.54) is 17.0 Å². The lowest BCUT2D eigenvalue weighted by atomic mass is 9.95. The number of aromatic nitrogens is 2. The zero-order valence-electron chi connectivity index (χ0n) is 21.1. The van der Waals surface area contributed by atoms with E-state index in [2.05, 4.69) is 47.3 Å². The SMILES string of the molecule is CC(C)(C)c1nc2ccc(Br)cc2c(=O)n1N=Cc1cc(Br)c(OCC(=O)Nc2ccccc2)c([N+](=O)[O-])c1. The summed E-state index contributed by atoms with van der Waals surface area (Å²) >= 11 is 6.68. The van der Waals surface area contributed by atoms with Crippen LogP contribution in [-0.2, 0) is 10.2 Å². The molecule has 0 spiro atoms. The number of carbonyl (C=O) groups is 1. The van der Waals surface area contributed by atoms with Crippen LogP contribution in [0, 0.1) is 10.1 Å². The fourth-order valence-corrected chi connectivity index (χ4v) is 4.62. The van der Waals surface area contributed by atoms with E-state index in [4.69, 9.17) is 4.74 Å². The number of nitrogens with zero attached hydrogens (tertiary/aromatic N) is 4. The van der Waals surface area contributed by atoms with Gasteiger partial charge in [-0.05, 0) is 52.3 Å². The summed E-state index contributed by atoms with van der Waals surface area (Å²) in [5.74, 6) is -0.154. The van der Waals surface area contributed by atoms with Crippen molar-refractivity contribution in [2.24, 2.45) is 5.10 Å². The number of fused-ring (bicyclic) bond motifs is 1. The first-order valence-electron chi connectivity index (χ1n) is 11.7. The average Bonchev–Trinajstić information content (AvgIpc) is 2.87. The van der Waals surface area contributed by atoms with Gasteiger partial charge in [0.05, 0.1) is 26.5 Å². The van der Waals surface area contributed by atoms with Crippen molar-refractivity contribution in [1.82, 2.24) is 9.66 Å². The Bertz CT molecular complexity index is 1660. The minimum absolute atomic E-state index is 0.106. The first-order valence-corrected chi connectivity index (χ1v) is 13.3. The standard InChI is InChI=1S/C27H23Br2N5O5/c1-27(2,3)26-32-21-10-9-17(28)13-19(21)25(36)33(26)30-14-16-11-20(29)24(22(12-16)34(37)38)39-15-23(35)31-18-7-5-4-6-8-18/h4-14H,15H2,1-3H3,(H,31,35). The predicted molar refractivity (Wildman–Crippen MR) is 157 cm³/mol. The topological polar surface area (TPSA) is 129 Å². The molecular formula is C27H23Br2N5O5. The number of nitrogens with one attached hydrogen (secondary N) is 1. The Hall–Kier alpha value is -3.90. The fourth-order valence-electron chi connectivity index (χ4n) is 3.67. The van der Waals surface area contributed by atoms with Gasteiger partial charge in [-0.2, -0.15) is 9.78 Å².